The molecule has 1 aromatic rings. The van der Waals surface area contributed by atoms with Gasteiger partial charge < -0.3 is 9.84 Å². The molecule has 0 aromatic heterocycles. The summed E-state index contributed by atoms with van der Waals surface area (Å²) in [5, 5.41) is 8.97. The number of hydrogen-bond acceptors (Lipinski definition) is 3. The maximum atomic E-state index is 12.8. The SMILES string of the molecule is O=C(/C=C(\O)OC(C(F)(F)F)C(F)(F)F)c1cccc(F)c1. The van der Waals surface area contributed by atoms with Crippen LogP contribution in [0.4, 0.5) is 30.7 Å². The zero-order valence-corrected chi connectivity index (χ0v) is 10.4. The van der Waals surface area contributed by atoms with Crippen LogP contribution in [-0.2, 0) is 4.74 Å². The molecule has 1 N–H and O–H groups in total. The van der Waals surface area contributed by atoms with Gasteiger partial charge in [-0.25, -0.2) is 4.39 Å². The maximum absolute atomic E-state index is 12.8. The minimum Gasteiger partial charge on any atom is -0.481 e. The molecule has 0 atom stereocenters. The van der Waals surface area contributed by atoms with E-state index in [1.165, 1.54) is 0 Å². The molecule has 0 fully saturated rings. The third-order valence-electron chi connectivity index (χ3n) is 2.20. The first-order valence-corrected chi connectivity index (χ1v) is 5.42. The van der Waals surface area contributed by atoms with Gasteiger partial charge in [-0.2, -0.15) is 26.3 Å². The number of benzene rings is 1. The van der Waals surface area contributed by atoms with Gasteiger partial charge in [-0.15, -0.1) is 0 Å². The van der Waals surface area contributed by atoms with Crippen LogP contribution in [0.3, 0.4) is 0 Å². The van der Waals surface area contributed by atoms with Crippen LogP contribution >= 0.6 is 0 Å². The molecular formula is C12H7F7O3. The number of hydrogen-bond donors (Lipinski definition) is 1. The summed E-state index contributed by atoms with van der Waals surface area (Å²) in [6.07, 6.45) is -16.0. The van der Waals surface area contributed by atoms with Gasteiger partial charge in [0.05, 0.1) is 6.08 Å². The summed E-state index contributed by atoms with van der Waals surface area (Å²) in [6.45, 7) is 0. The first-order chi connectivity index (χ1) is 9.91. The summed E-state index contributed by atoms with van der Waals surface area (Å²) >= 11 is 0. The van der Waals surface area contributed by atoms with Crippen molar-refractivity contribution in [2.75, 3.05) is 0 Å². The van der Waals surface area contributed by atoms with E-state index in [0.29, 0.717) is 6.07 Å². The number of alkyl halides is 6. The van der Waals surface area contributed by atoms with Crippen LogP contribution in [0.15, 0.2) is 36.3 Å². The zero-order chi connectivity index (χ0) is 17.1. The number of carbonyl (C=O) groups is 1. The summed E-state index contributed by atoms with van der Waals surface area (Å²) in [7, 11) is 0. The Hall–Kier alpha value is -2.26. The molecule has 0 saturated heterocycles. The summed E-state index contributed by atoms with van der Waals surface area (Å²) in [5.41, 5.74) is -0.397. The van der Waals surface area contributed by atoms with Crippen molar-refractivity contribution in [3.63, 3.8) is 0 Å². The molecule has 0 bridgehead atoms. The predicted molar refractivity (Wildman–Crippen MR) is 58.4 cm³/mol. The molecule has 0 aliphatic carbocycles. The topological polar surface area (TPSA) is 46.5 Å². The van der Waals surface area contributed by atoms with Crippen LogP contribution in [0.2, 0.25) is 0 Å². The van der Waals surface area contributed by atoms with Crippen molar-refractivity contribution in [1.82, 2.24) is 0 Å². The molecule has 1 rings (SSSR count). The Morgan fingerprint density at radius 2 is 1.68 bits per heavy atom. The largest absolute Gasteiger partial charge is 0.481 e. The van der Waals surface area contributed by atoms with Gasteiger partial charge in [0.1, 0.15) is 5.82 Å². The van der Waals surface area contributed by atoms with Gasteiger partial charge in [0.15, 0.2) is 5.78 Å². The lowest BCUT2D eigenvalue weighted by Crippen LogP contribution is -2.44. The highest BCUT2D eigenvalue weighted by Gasteiger charge is 2.59. The summed E-state index contributed by atoms with van der Waals surface area (Å²) in [5.74, 6) is -3.99. The van der Waals surface area contributed by atoms with Crippen molar-refractivity contribution in [2.24, 2.45) is 0 Å². The van der Waals surface area contributed by atoms with Gasteiger partial charge in [0, 0.05) is 5.56 Å². The number of ether oxygens (including phenoxy) is 1. The van der Waals surface area contributed by atoms with Crippen molar-refractivity contribution in [1.29, 1.82) is 0 Å². The van der Waals surface area contributed by atoms with Crippen LogP contribution in [0, 0.1) is 5.82 Å². The van der Waals surface area contributed by atoms with E-state index in [9.17, 15) is 35.5 Å². The molecule has 3 nitrogen and oxygen atoms in total. The molecule has 0 aliphatic rings. The van der Waals surface area contributed by atoms with E-state index in [1.54, 1.807) is 0 Å². The second kappa shape index (κ2) is 6.24. The van der Waals surface area contributed by atoms with Crippen LogP contribution in [0.25, 0.3) is 0 Å². The van der Waals surface area contributed by atoms with Gasteiger partial charge in [0.2, 0.25) is 0 Å². The number of halogens is 7. The molecule has 0 heterocycles. The number of ketones is 1. The molecule has 0 spiro atoms. The highest BCUT2D eigenvalue weighted by atomic mass is 19.4. The van der Waals surface area contributed by atoms with E-state index >= 15 is 0 Å². The number of aliphatic hydroxyl groups is 1. The fourth-order valence-corrected chi connectivity index (χ4v) is 1.31. The van der Waals surface area contributed by atoms with Crippen molar-refractivity contribution < 1.29 is 45.4 Å². The van der Waals surface area contributed by atoms with E-state index < -0.39 is 41.6 Å². The van der Waals surface area contributed by atoms with E-state index in [-0.39, 0.29) is 6.08 Å². The lowest BCUT2D eigenvalue weighted by atomic mass is 10.1. The molecule has 22 heavy (non-hydrogen) atoms. The second-order valence-corrected chi connectivity index (χ2v) is 3.94. The minimum atomic E-state index is -5.85. The van der Waals surface area contributed by atoms with Gasteiger partial charge >= 0.3 is 12.4 Å². The maximum Gasteiger partial charge on any atom is 0.434 e. The smallest absolute Gasteiger partial charge is 0.434 e. The van der Waals surface area contributed by atoms with Gasteiger partial charge in [-0.3, -0.25) is 4.79 Å². The Labute approximate surface area is 118 Å². The number of carbonyl (C=O) groups excluding carboxylic acids is 1. The summed E-state index contributed by atoms with van der Waals surface area (Å²) in [4.78, 5) is 11.4. The Kier molecular flexibility index (Phi) is 5.05. The molecule has 0 saturated carbocycles. The van der Waals surface area contributed by atoms with Crippen LogP contribution in [-0.4, -0.2) is 29.3 Å². The van der Waals surface area contributed by atoms with Crippen molar-refractivity contribution >= 4 is 5.78 Å². The van der Waals surface area contributed by atoms with E-state index in [2.05, 4.69) is 4.74 Å². The van der Waals surface area contributed by atoms with Gasteiger partial charge in [0.25, 0.3) is 12.0 Å². The molecule has 122 valence electrons. The summed E-state index contributed by atoms with van der Waals surface area (Å²) in [6, 6.07) is 3.76. The highest BCUT2D eigenvalue weighted by Crippen LogP contribution is 2.36. The van der Waals surface area contributed by atoms with E-state index in [4.69, 9.17) is 5.11 Å². The molecular weight excluding hydrogens is 325 g/mol. The van der Waals surface area contributed by atoms with Crippen molar-refractivity contribution in [2.45, 2.75) is 18.5 Å². The third kappa shape index (κ3) is 4.93. The van der Waals surface area contributed by atoms with Crippen LogP contribution < -0.4 is 0 Å². The second-order valence-electron chi connectivity index (χ2n) is 3.94. The Bertz CT molecular complexity index is 561. The fourth-order valence-electron chi connectivity index (χ4n) is 1.31. The molecule has 0 unspecified atom stereocenters. The lowest BCUT2D eigenvalue weighted by Gasteiger charge is -2.22. The zero-order valence-electron chi connectivity index (χ0n) is 10.4. The van der Waals surface area contributed by atoms with Crippen molar-refractivity contribution in [3.8, 4) is 0 Å². The summed E-state index contributed by atoms with van der Waals surface area (Å²) < 4.78 is 89.2. The average Bonchev–Trinajstić information content (AvgIpc) is 2.33. The van der Waals surface area contributed by atoms with Crippen LogP contribution in [0.5, 0.6) is 0 Å². The first kappa shape index (κ1) is 17.8. The minimum absolute atomic E-state index is 0.0146. The third-order valence-corrected chi connectivity index (χ3v) is 2.20. The quantitative estimate of drug-likeness (QED) is 0.393. The van der Waals surface area contributed by atoms with Crippen LogP contribution in [0.1, 0.15) is 10.4 Å². The molecule has 0 aliphatic heterocycles. The van der Waals surface area contributed by atoms with Crippen molar-refractivity contribution in [3.05, 3.63) is 47.7 Å². The molecule has 0 radical (unpaired) electrons. The lowest BCUT2D eigenvalue weighted by molar-refractivity contribution is -0.319. The van der Waals surface area contributed by atoms with Gasteiger partial charge in [-0.1, -0.05) is 12.1 Å². The standard InChI is InChI=1S/C12H7F7O3/c13-7-3-1-2-6(4-7)8(20)5-9(21)22-10(11(14,15)16)12(17,18)19/h1-5,10,21H/b9-5+. The highest BCUT2D eigenvalue weighted by molar-refractivity contribution is 6.04. The normalized spacial score (nSPS) is 13.4. The van der Waals surface area contributed by atoms with E-state index in [0.717, 1.165) is 18.2 Å². The monoisotopic (exact) mass is 332 g/mol. The Balaban J connectivity index is 2.95. The number of rotatable bonds is 4. The fraction of sp³-hybridized carbons (Fsp3) is 0.250. The van der Waals surface area contributed by atoms with Gasteiger partial charge in [-0.05, 0) is 12.1 Å². The average molecular weight is 332 g/mol. The number of aliphatic hydroxyl groups excluding tert-OH is 1. The predicted octanol–water partition coefficient (Wildman–Crippen LogP) is 3.92. The molecule has 1 aromatic carbocycles. The Morgan fingerprint density at radius 1 is 1.14 bits per heavy atom. The first-order valence-electron chi connectivity index (χ1n) is 5.42. The van der Waals surface area contributed by atoms with E-state index in [1.807, 2.05) is 0 Å². The number of allylic oxidation sites excluding steroid dienone is 1. The molecule has 0 amide bonds. The molecule has 10 heteroatoms. The Morgan fingerprint density at radius 3 is 2.14 bits per heavy atom.